The highest BCUT2D eigenvalue weighted by molar-refractivity contribution is 6.14. The van der Waals surface area contributed by atoms with Crippen molar-refractivity contribution in [1.29, 1.82) is 0 Å². The van der Waals surface area contributed by atoms with E-state index in [1.165, 1.54) is 0 Å². The van der Waals surface area contributed by atoms with Gasteiger partial charge in [0.2, 0.25) is 0 Å². The smallest absolute Gasteiger partial charge is 0.195 e. The first-order chi connectivity index (χ1) is 9.20. The van der Waals surface area contributed by atoms with E-state index in [-0.39, 0.29) is 12.4 Å². The molecule has 0 spiro atoms. The van der Waals surface area contributed by atoms with Crippen LogP contribution >= 0.6 is 0 Å². The molecule has 0 radical (unpaired) electrons. The van der Waals surface area contributed by atoms with Crippen molar-refractivity contribution in [2.24, 2.45) is 0 Å². The van der Waals surface area contributed by atoms with E-state index in [1.54, 1.807) is 6.07 Å². The average Bonchev–Trinajstić information content (AvgIpc) is 2.55. The first-order valence-electron chi connectivity index (χ1n) is 6.28. The summed E-state index contributed by atoms with van der Waals surface area (Å²) in [6, 6.07) is 13.2. The minimum atomic E-state index is -0.0116. The van der Waals surface area contributed by atoms with E-state index in [1.807, 2.05) is 43.4 Å². The maximum absolute atomic E-state index is 12.6. The molecule has 19 heavy (non-hydrogen) atoms. The molecule has 0 saturated heterocycles. The summed E-state index contributed by atoms with van der Waals surface area (Å²) in [6.45, 7) is 0.687. The predicted molar refractivity (Wildman–Crippen MR) is 74.3 cm³/mol. The van der Waals surface area contributed by atoms with E-state index in [0.29, 0.717) is 12.1 Å². The number of carbonyl (C=O) groups is 1. The maximum Gasteiger partial charge on any atom is 0.195 e. The van der Waals surface area contributed by atoms with Gasteiger partial charge in [-0.3, -0.25) is 4.79 Å². The Morgan fingerprint density at radius 2 is 1.95 bits per heavy atom. The van der Waals surface area contributed by atoms with E-state index in [9.17, 15) is 9.90 Å². The van der Waals surface area contributed by atoms with Crippen molar-refractivity contribution in [2.75, 3.05) is 11.9 Å². The summed E-state index contributed by atoms with van der Waals surface area (Å²) in [5, 5.41) is 9.23. The minimum absolute atomic E-state index is 0.0116. The lowest BCUT2D eigenvalue weighted by Gasteiger charge is -2.19. The van der Waals surface area contributed by atoms with Crippen LogP contribution in [0, 0.1) is 0 Å². The molecule has 0 amide bonds. The lowest BCUT2D eigenvalue weighted by molar-refractivity contribution is 0.103. The molecule has 1 aliphatic heterocycles. The molecule has 0 aliphatic carbocycles. The van der Waals surface area contributed by atoms with Crippen LogP contribution in [0.5, 0.6) is 0 Å². The second-order valence-electron chi connectivity index (χ2n) is 4.85. The van der Waals surface area contributed by atoms with Crippen molar-refractivity contribution >= 4 is 11.5 Å². The number of hydrogen-bond donors (Lipinski definition) is 1. The fraction of sp³-hybridized carbons (Fsp3) is 0.188. The largest absolute Gasteiger partial charge is 0.392 e. The monoisotopic (exact) mass is 253 g/mol. The van der Waals surface area contributed by atoms with Gasteiger partial charge in [0.1, 0.15) is 0 Å². The van der Waals surface area contributed by atoms with Gasteiger partial charge in [-0.25, -0.2) is 0 Å². The van der Waals surface area contributed by atoms with Gasteiger partial charge < -0.3 is 10.0 Å². The highest BCUT2D eigenvalue weighted by Crippen LogP contribution is 2.30. The van der Waals surface area contributed by atoms with Gasteiger partial charge in [0.15, 0.2) is 5.78 Å². The van der Waals surface area contributed by atoms with Crippen LogP contribution in [-0.4, -0.2) is 17.9 Å². The van der Waals surface area contributed by atoms with Crippen LogP contribution in [0.15, 0.2) is 42.5 Å². The second-order valence-corrected chi connectivity index (χ2v) is 4.85. The number of anilines is 1. The van der Waals surface area contributed by atoms with Crippen LogP contribution in [0.2, 0.25) is 0 Å². The third-order valence-corrected chi connectivity index (χ3v) is 3.57. The molecule has 0 unspecified atom stereocenters. The maximum atomic E-state index is 12.6. The highest BCUT2D eigenvalue weighted by atomic mass is 16.3. The van der Waals surface area contributed by atoms with Crippen molar-refractivity contribution < 1.29 is 9.90 Å². The molecule has 1 N–H and O–H groups in total. The summed E-state index contributed by atoms with van der Waals surface area (Å²) in [7, 11) is 1.97. The zero-order valence-corrected chi connectivity index (χ0v) is 10.8. The molecule has 0 aromatic heterocycles. The molecule has 0 fully saturated rings. The zero-order chi connectivity index (χ0) is 13.4. The summed E-state index contributed by atoms with van der Waals surface area (Å²) >= 11 is 0. The quantitative estimate of drug-likeness (QED) is 0.848. The van der Waals surface area contributed by atoms with Gasteiger partial charge in [0.05, 0.1) is 6.61 Å². The number of hydrogen-bond acceptors (Lipinski definition) is 3. The number of fused-ring (bicyclic) bond motifs is 2. The molecule has 3 heteroatoms. The number of carbonyl (C=O) groups excluding carboxylic acids is 1. The minimum Gasteiger partial charge on any atom is -0.392 e. The third kappa shape index (κ3) is 1.92. The van der Waals surface area contributed by atoms with Gasteiger partial charge in [0, 0.05) is 30.4 Å². The van der Waals surface area contributed by atoms with Gasteiger partial charge in [-0.1, -0.05) is 30.3 Å². The van der Waals surface area contributed by atoms with Crippen molar-refractivity contribution in [2.45, 2.75) is 13.2 Å². The van der Waals surface area contributed by atoms with Gasteiger partial charge in [0.25, 0.3) is 0 Å². The van der Waals surface area contributed by atoms with Crippen molar-refractivity contribution in [3.63, 3.8) is 0 Å². The Bertz CT molecular complexity index is 649. The Labute approximate surface area is 112 Å². The lowest BCUT2D eigenvalue weighted by Crippen LogP contribution is -2.16. The number of aliphatic hydroxyl groups is 1. The topological polar surface area (TPSA) is 40.5 Å². The normalized spacial score (nSPS) is 13.8. The van der Waals surface area contributed by atoms with Crippen LogP contribution in [0.4, 0.5) is 5.69 Å². The SMILES string of the molecule is CN1Cc2ccccc2C(=O)c2ccc(CO)cc21. The number of benzene rings is 2. The molecule has 0 bridgehead atoms. The summed E-state index contributed by atoms with van der Waals surface area (Å²) < 4.78 is 0. The molecule has 96 valence electrons. The molecule has 3 nitrogen and oxygen atoms in total. The van der Waals surface area contributed by atoms with E-state index < -0.39 is 0 Å². The lowest BCUT2D eigenvalue weighted by atomic mass is 9.98. The van der Waals surface area contributed by atoms with Gasteiger partial charge >= 0.3 is 0 Å². The second kappa shape index (κ2) is 4.52. The summed E-state index contributed by atoms with van der Waals surface area (Å²) in [6.07, 6.45) is 0. The summed E-state index contributed by atoms with van der Waals surface area (Å²) in [5.41, 5.74) is 4.21. The molecule has 1 aliphatic rings. The number of rotatable bonds is 1. The Morgan fingerprint density at radius 1 is 1.16 bits per heavy atom. The van der Waals surface area contributed by atoms with Crippen LogP contribution < -0.4 is 4.90 Å². The first kappa shape index (κ1) is 11.9. The molecule has 2 aromatic rings. The fourth-order valence-electron chi connectivity index (χ4n) is 2.55. The average molecular weight is 253 g/mol. The highest BCUT2D eigenvalue weighted by Gasteiger charge is 2.23. The third-order valence-electron chi connectivity index (χ3n) is 3.57. The molecule has 2 aromatic carbocycles. The Morgan fingerprint density at radius 3 is 2.74 bits per heavy atom. The zero-order valence-electron chi connectivity index (χ0n) is 10.8. The summed E-state index contributed by atoms with van der Waals surface area (Å²) in [4.78, 5) is 14.6. The Kier molecular flexibility index (Phi) is 2.84. The van der Waals surface area contributed by atoms with E-state index in [2.05, 4.69) is 4.90 Å². The van der Waals surface area contributed by atoms with Crippen LogP contribution in [-0.2, 0) is 13.2 Å². The van der Waals surface area contributed by atoms with Gasteiger partial charge in [-0.2, -0.15) is 0 Å². The van der Waals surface area contributed by atoms with Crippen molar-refractivity contribution in [1.82, 2.24) is 0 Å². The molecular formula is C16H15NO2. The molecule has 3 rings (SSSR count). The van der Waals surface area contributed by atoms with Crippen molar-refractivity contribution in [3.05, 3.63) is 64.7 Å². The standard InChI is InChI=1S/C16H15NO2/c1-17-9-12-4-2-3-5-13(12)16(19)14-7-6-11(10-18)8-15(14)17/h2-8,18H,9-10H2,1H3. The van der Waals surface area contributed by atoms with Crippen LogP contribution in [0.1, 0.15) is 27.0 Å². The summed E-state index contributed by atoms with van der Waals surface area (Å²) in [5.74, 6) is 0.0550. The Balaban J connectivity index is 2.20. The number of ketones is 1. The van der Waals surface area contributed by atoms with E-state index in [0.717, 1.165) is 22.4 Å². The molecule has 1 heterocycles. The van der Waals surface area contributed by atoms with Gasteiger partial charge in [-0.15, -0.1) is 0 Å². The van der Waals surface area contributed by atoms with Crippen LogP contribution in [0.3, 0.4) is 0 Å². The molecule has 0 atom stereocenters. The van der Waals surface area contributed by atoms with Gasteiger partial charge in [-0.05, 0) is 23.3 Å². The number of nitrogens with zero attached hydrogens (tertiary/aromatic N) is 1. The first-order valence-corrected chi connectivity index (χ1v) is 6.28. The van der Waals surface area contributed by atoms with Crippen LogP contribution in [0.25, 0.3) is 0 Å². The predicted octanol–water partition coefficient (Wildman–Crippen LogP) is 2.36. The fourth-order valence-corrected chi connectivity index (χ4v) is 2.55. The Hall–Kier alpha value is -2.13. The van der Waals surface area contributed by atoms with Crippen molar-refractivity contribution in [3.8, 4) is 0 Å². The van der Waals surface area contributed by atoms with E-state index >= 15 is 0 Å². The number of aliphatic hydroxyl groups excluding tert-OH is 1. The molecule has 0 saturated carbocycles. The molecular weight excluding hydrogens is 238 g/mol. The van der Waals surface area contributed by atoms with E-state index in [4.69, 9.17) is 0 Å².